The van der Waals surface area contributed by atoms with Crippen LogP contribution in [0.3, 0.4) is 0 Å². The van der Waals surface area contributed by atoms with Crippen LogP contribution in [0.1, 0.15) is 42.6 Å². The lowest BCUT2D eigenvalue weighted by Crippen LogP contribution is -2.50. The molecule has 186 valence electrons. The van der Waals surface area contributed by atoms with Crippen molar-refractivity contribution in [3.05, 3.63) is 65.9 Å². The minimum atomic E-state index is -4.47. The minimum absolute atomic E-state index is 0.0217. The van der Waals surface area contributed by atoms with Gasteiger partial charge in [0.15, 0.2) is 5.82 Å². The molecule has 1 aliphatic heterocycles. The maximum Gasteiger partial charge on any atom is 0.417 e. The number of carbonyl (C=O) groups is 1. The van der Waals surface area contributed by atoms with E-state index in [0.717, 1.165) is 17.1 Å². The highest BCUT2D eigenvalue weighted by molar-refractivity contribution is 5.98. The summed E-state index contributed by atoms with van der Waals surface area (Å²) >= 11 is 0. The Kier molecular flexibility index (Phi) is 6.77. The Morgan fingerprint density at radius 2 is 1.91 bits per heavy atom. The molecule has 3 atom stereocenters. The maximum absolute atomic E-state index is 14.8. The van der Waals surface area contributed by atoms with Crippen LogP contribution < -0.4 is 4.90 Å². The molecule has 0 radical (unpaired) electrons. The number of hydrogen-bond donors (Lipinski definition) is 0. The highest BCUT2D eigenvalue weighted by atomic mass is 19.4. The zero-order valence-corrected chi connectivity index (χ0v) is 19.6. The van der Waals surface area contributed by atoms with Gasteiger partial charge in [-0.05, 0) is 43.0 Å². The standard InChI is InChI=1S/C24H26F4N6O/c1-4-19(32(3)21-9-8-16(13-29-21)24(26,27)28)20-12-15(2)14-33(20)23(35)17-6-5-7-18(25)22(17)34-30-10-11-31-34/h5-11,13,15,19-20H,4,12,14H2,1-3H3. The molecule has 3 unspecified atom stereocenters. The van der Waals surface area contributed by atoms with E-state index in [-0.39, 0.29) is 35.2 Å². The number of nitrogens with zero attached hydrogens (tertiary/aromatic N) is 6. The summed E-state index contributed by atoms with van der Waals surface area (Å²) < 4.78 is 53.6. The molecule has 4 rings (SSSR count). The molecule has 7 nitrogen and oxygen atoms in total. The number of likely N-dealkylation sites (tertiary alicyclic amines) is 1. The van der Waals surface area contributed by atoms with E-state index in [0.29, 0.717) is 25.2 Å². The van der Waals surface area contributed by atoms with Crippen molar-refractivity contribution < 1.29 is 22.4 Å². The van der Waals surface area contributed by atoms with E-state index in [4.69, 9.17) is 0 Å². The zero-order chi connectivity index (χ0) is 25.3. The number of anilines is 1. The van der Waals surface area contributed by atoms with Gasteiger partial charge >= 0.3 is 6.18 Å². The number of pyridine rings is 1. The Labute approximate surface area is 200 Å². The van der Waals surface area contributed by atoms with Crippen LogP contribution in [0.2, 0.25) is 0 Å². The van der Waals surface area contributed by atoms with Crippen molar-refractivity contribution in [3.8, 4) is 5.69 Å². The Morgan fingerprint density at radius 1 is 1.20 bits per heavy atom. The number of amides is 1. The number of carbonyl (C=O) groups excluding carboxylic acids is 1. The fourth-order valence-electron chi connectivity index (χ4n) is 4.80. The van der Waals surface area contributed by atoms with E-state index < -0.39 is 17.6 Å². The fourth-order valence-corrected chi connectivity index (χ4v) is 4.80. The first-order valence-electron chi connectivity index (χ1n) is 11.3. The van der Waals surface area contributed by atoms with Gasteiger partial charge in [-0.2, -0.15) is 23.4 Å². The van der Waals surface area contributed by atoms with Gasteiger partial charge in [0.1, 0.15) is 11.5 Å². The lowest BCUT2D eigenvalue weighted by atomic mass is 9.98. The average molecular weight is 491 g/mol. The smallest absolute Gasteiger partial charge is 0.355 e. The molecule has 3 aromatic rings. The molecular weight excluding hydrogens is 464 g/mol. The summed E-state index contributed by atoms with van der Waals surface area (Å²) in [7, 11) is 1.76. The zero-order valence-electron chi connectivity index (χ0n) is 19.6. The van der Waals surface area contributed by atoms with Gasteiger partial charge in [0.05, 0.1) is 35.6 Å². The summed E-state index contributed by atoms with van der Waals surface area (Å²) in [5.74, 6) is -0.400. The van der Waals surface area contributed by atoms with Crippen molar-refractivity contribution in [1.29, 1.82) is 0 Å². The molecule has 35 heavy (non-hydrogen) atoms. The molecule has 0 bridgehead atoms. The fraction of sp³-hybridized carbons (Fsp3) is 0.417. The number of hydrogen-bond acceptors (Lipinski definition) is 5. The van der Waals surface area contributed by atoms with E-state index in [2.05, 4.69) is 15.2 Å². The van der Waals surface area contributed by atoms with Crippen molar-refractivity contribution in [1.82, 2.24) is 24.9 Å². The molecule has 0 aliphatic carbocycles. The van der Waals surface area contributed by atoms with Crippen molar-refractivity contribution in [2.24, 2.45) is 5.92 Å². The lowest BCUT2D eigenvalue weighted by molar-refractivity contribution is -0.137. The first-order valence-corrected chi connectivity index (χ1v) is 11.3. The third kappa shape index (κ3) is 4.85. The van der Waals surface area contributed by atoms with E-state index >= 15 is 0 Å². The summed E-state index contributed by atoms with van der Waals surface area (Å²) in [6.07, 6.45) is 0.470. The Balaban J connectivity index is 1.65. The van der Waals surface area contributed by atoms with Gasteiger partial charge < -0.3 is 9.80 Å². The SMILES string of the molecule is CCC(C1CC(C)CN1C(=O)c1cccc(F)c1-n1nccn1)N(C)c1ccc(C(F)(F)F)cn1. The summed E-state index contributed by atoms with van der Waals surface area (Å²) in [4.78, 5) is 22.4. The molecular formula is C24H26F4N6O. The summed E-state index contributed by atoms with van der Waals surface area (Å²) in [6, 6.07) is 6.14. The number of alkyl halides is 3. The summed E-state index contributed by atoms with van der Waals surface area (Å²) in [6.45, 7) is 4.46. The number of para-hydroxylation sites is 1. The molecule has 0 spiro atoms. The van der Waals surface area contributed by atoms with Crippen LogP contribution in [-0.4, -0.2) is 56.5 Å². The summed E-state index contributed by atoms with van der Waals surface area (Å²) in [5, 5.41) is 7.99. The highest BCUT2D eigenvalue weighted by Gasteiger charge is 2.41. The largest absolute Gasteiger partial charge is 0.417 e. The van der Waals surface area contributed by atoms with Crippen molar-refractivity contribution >= 4 is 11.7 Å². The highest BCUT2D eigenvalue weighted by Crippen LogP contribution is 2.34. The van der Waals surface area contributed by atoms with E-state index in [1.807, 2.05) is 18.7 Å². The Bertz CT molecular complexity index is 1170. The van der Waals surface area contributed by atoms with Crippen LogP contribution in [0.25, 0.3) is 5.69 Å². The molecule has 1 saturated heterocycles. The first kappa shape index (κ1) is 24.6. The van der Waals surface area contributed by atoms with Gasteiger partial charge in [0.25, 0.3) is 5.91 Å². The van der Waals surface area contributed by atoms with Gasteiger partial charge in [0, 0.05) is 19.8 Å². The Morgan fingerprint density at radius 3 is 2.51 bits per heavy atom. The van der Waals surface area contributed by atoms with E-state index in [1.165, 1.54) is 30.6 Å². The predicted octanol–water partition coefficient (Wildman–Crippen LogP) is 4.59. The van der Waals surface area contributed by atoms with E-state index in [1.54, 1.807) is 18.0 Å². The molecule has 11 heteroatoms. The lowest BCUT2D eigenvalue weighted by Gasteiger charge is -2.37. The second kappa shape index (κ2) is 9.63. The monoisotopic (exact) mass is 490 g/mol. The third-order valence-electron chi connectivity index (χ3n) is 6.45. The number of benzene rings is 1. The molecule has 1 aromatic carbocycles. The van der Waals surface area contributed by atoms with Crippen LogP contribution in [0.15, 0.2) is 48.9 Å². The second-order valence-electron chi connectivity index (χ2n) is 8.81. The topological polar surface area (TPSA) is 67.2 Å². The molecule has 3 heterocycles. The Hall–Kier alpha value is -3.50. The quantitative estimate of drug-likeness (QED) is 0.473. The molecule has 1 amide bonds. The predicted molar refractivity (Wildman–Crippen MR) is 122 cm³/mol. The van der Waals surface area contributed by atoms with E-state index in [9.17, 15) is 22.4 Å². The number of halogens is 4. The van der Waals surface area contributed by atoms with Crippen molar-refractivity contribution in [3.63, 3.8) is 0 Å². The third-order valence-corrected chi connectivity index (χ3v) is 6.45. The van der Waals surface area contributed by atoms with Gasteiger partial charge in [0.2, 0.25) is 0 Å². The molecule has 1 fully saturated rings. The number of aromatic nitrogens is 4. The summed E-state index contributed by atoms with van der Waals surface area (Å²) in [5.41, 5.74) is -0.697. The maximum atomic E-state index is 14.8. The van der Waals surface area contributed by atoms with Gasteiger partial charge in [-0.3, -0.25) is 4.79 Å². The molecule has 2 aromatic heterocycles. The number of rotatable bonds is 6. The van der Waals surface area contributed by atoms with Crippen molar-refractivity contribution in [2.45, 2.75) is 44.9 Å². The number of likely N-dealkylation sites (N-methyl/N-ethyl adjacent to an activating group) is 1. The van der Waals surface area contributed by atoms with Gasteiger partial charge in [-0.25, -0.2) is 9.37 Å². The van der Waals surface area contributed by atoms with Gasteiger partial charge in [-0.15, -0.1) is 4.80 Å². The van der Waals surface area contributed by atoms with Crippen LogP contribution in [0, 0.1) is 11.7 Å². The average Bonchev–Trinajstić information content (AvgIpc) is 3.48. The first-order chi connectivity index (χ1) is 16.6. The van der Waals surface area contributed by atoms with Crippen LogP contribution >= 0.6 is 0 Å². The van der Waals surface area contributed by atoms with Crippen LogP contribution in [0.5, 0.6) is 0 Å². The normalized spacial score (nSPS) is 19.1. The molecule has 0 N–H and O–H groups in total. The molecule has 0 saturated carbocycles. The minimum Gasteiger partial charge on any atom is -0.355 e. The molecule has 1 aliphatic rings. The van der Waals surface area contributed by atoms with Gasteiger partial charge in [-0.1, -0.05) is 19.9 Å². The van der Waals surface area contributed by atoms with Crippen LogP contribution in [-0.2, 0) is 6.18 Å². The van der Waals surface area contributed by atoms with Crippen molar-refractivity contribution in [2.75, 3.05) is 18.5 Å². The second-order valence-corrected chi connectivity index (χ2v) is 8.81. The van der Waals surface area contributed by atoms with Crippen LogP contribution in [0.4, 0.5) is 23.4 Å².